The largest absolute Gasteiger partial charge is 1.00 e. The molecule has 0 heterocycles. The summed E-state index contributed by atoms with van der Waals surface area (Å²) in [6, 6.07) is 9.04. The normalized spacial score (nSPS) is 11.1. The molecule has 0 amide bonds. The summed E-state index contributed by atoms with van der Waals surface area (Å²) >= 11 is 0. The molecule has 0 saturated heterocycles. The number of carbonyl (C=O) groups excluding carboxylic acids is 1. The quantitative estimate of drug-likeness (QED) is 0.419. The predicted octanol–water partition coefficient (Wildman–Crippen LogP) is -1.90. The number of benzene rings is 1. The molecule has 14 heavy (non-hydrogen) atoms. The molecule has 0 fully saturated rings. The first-order chi connectivity index (χ1) is 6.25. The molecule has 0 radical (unpaired) electrons. The number of allylic oxidation sites excluding steroid dienone is 1. The Bertz CT molecular complexity index is 295. The Morgan fingerprint density at radius 1 is 1.43 bits per heavy atom. The molecule has 0 unspecified atom stereocenters. The van der Waals surface area contributed by atoms with Crippen LogP contribution < -0.4 is 34.7 Å². The summed E-state index contributed by atoms with van der Waals surface area (Å²) in [5.74, 6) is -1.62. The molecule has 1 aromatic rings. The van der Waals surface area contributed by atoms with Crippen molar-refractivity contribution in [2.75, 3.05) is 0 Å². The van der Waals surface area contributed by atoms with Crippen LogP contribution in [-0.2, 0) is 4.79 Å². The van der Waals surface area contributed by atoms with E-state index in [1.54, 1.807) is 18.2 Å². The molecule has 0 aliphatic rings. The van der Waals surface area contributed by atoms with Crippen molar-refractivity contribution in [1.82, 2.24) is 0 Å². The van der Waals surface area contributed by atoms with Crippen LogP contribution in [0.15, 0.2) is 43.0 Å². The van der Waals surface area contributed by atoms with Crippen LogP contribution in [0.4, 0.5) is 0 Å². The SMILES string of the molecule is C=CC[C@H](C(=O)[O-])c1ccccc1.[Na+]. The number of carboxylic acid groups (broad SMARTS) is 1. The van der Waals surface area contributed by atoms with E-state index in [0.717, 1.165) is 5.56 Å². The fourth-order valence-electron chi connectivity index (χ4n) is 1.22. The van der Waals surface area contributed by atoms with Crippen molar-refractivity contribution in [2.45, 2.75) is 12.3 Å². The third-order valence-corrected chi connectivity index (χ3v) is 1.89. The Kier molecular flexibility index (Phi) is 6.54. The van der Waals surface area contributed by atoms with Gasteiger partial charge in [-0.15, -0.1) is 6.58 Å². The van der Waals surface area contributed by atoms with Crippen LogP contribution in [0.5, 0.6) is 0 Å². The van der Waals surface area contributed by atoms with Gasteiger partial charge in [-0.25, -0.2) is 0 Å². The molecule has 0 bridgehead atoms. The van der Waals surface area contributed by atoms with Crippen molar-refractivity contribution in [3.8, 4) is 0 Å². The molecular weight excluding hydrogens is 187 g/mol. The van der Waals surface area contributed by atoms with E-state index in [-0.39, 0.29) is 29.6 Å². The summed E-state index contributed by atoms with van der Waals surface area (Å²) in [4.78, 5) is 10.7. The Morgan fingerprint density at radius 2 is 2.00 bits per heavy atom. The third kappa shape index (κ3) is 3.66. The summed E-state index contributed by atoms with van der Waals surface area (Å²) in [6.45, 7) is 3.52. The van der Waals surface area contributed by atoms with Gasteiger partial charge in [0.15, 0.2) is 0 Å². The molecule has 0 N–H and O–H groups in total. The number of carboxylic acids is 1. The smallest absolute Gasteiger partial charge is 0.549 e. The second-order valence-corrected chi connectivity index (χ2v) is 2.81. The molecular formula is C11H11NaO2. The molecule has 0 aliphatic heterocycles. The van der Waals surface area contributed by atoms with Crippen molar-refractivity contribution in [3.05, 3.63) is 48.6 Å². The molecule has 0 aromatic heterocycles. The van der Waals surface area contributed by atoms with Gasteiger partial charge in [-0.2, -0.15) is 0 Å². The number of carbonyl (C=O) groups is 1. The summed E-state index contributed by atoms with van der Waals surface area (Å²) in [6.07, 6.45) is 2.00. The maximum atomic E-state index is 10.7. The van der Waals surface area contributed by atoms with Gasteiger partial charge in [-0.1, -0.05) is 36.4 Å². The van der Waals surface area contributed by atoms with Crippen LogP contribution in [0.3, 0.4) is 0 Å². The summed E-state index contributed by atoms with van der Waals surface area (Å²) < 4.78 is 0. The van der Waals surface area contributed by atoms with E-state index in [0.29, 0.717) is 6.42 Å². The van der Waals surface area contributed by atoms with Crippen molar-refractivity contribution in [1.29, 1.82) is 0 Å². The summed E-state index contributed by atoms with van der Waals surface area (Å²) in [7, 11) is 0. The van der Waals surface area contributed by atoms with Crippen molar-refractivity contribution in [3.63, 3.8) is 0 Å². The van der Waals surface area contributed by atoms with Crippen LogP contribution in [0, 0.1) is 0 Å². The average molecular weight is 198 g/mol. The van der Waals surface area contributed by atoms with Gasteiger partial charge in [0, 0.05) is 11.9 Å². The van der Waals surface area contributed by atoms with Crippen LogP contribution in [0.25, 0.3) is 0 Å². The van der Waals surface area contributed by atoms with Gasteiger partial charge in [-0.05, 0) is 12.0 Å². The molecule has 2 nitrogen and oxygen atoms in total. The molecule has 0 aliphatic carbocycles. The van der Waals surface area contributed by atoms with Crippen LogP contribution in [0.2, 0.25) is 0 Å². The van der Waals surface area contributed by atoms with E-state index in [1.165, 1.54) is 0 Å². The standard InChI is InChI=1S/C11H12O2.Na/c1-2-6-10(11(12)13)9-7-4-3-5-8-9;/h2-5,7-8,10H,1,6H2,(H,12,13);/q;+1/p-1/t10-;/m0./s1. The first-order valence-electron chi connectivity index (χ1n) is 4.12. The maximum Gasteiger partial charge on any atom is 1.00 e. The second-order valence-electron chi connectivity index (χ2n) is 2.81. The zero-order valence-electron chi connectivity index (χ0n) is 8.27. The van der Waals surface area contributed by atoms with Gasteiger partial charge >= 0.3 is 29.6 Å². The molecule has 0 spiro atoms. The number of hydrogen-bond donors (Lipinski definition) is 0. The minimum absolute atomic E-state index is 0. The van der Waals surface area contributed by atoms with Gasteiger partial charge in [0.2, 0.25) is 0 Å². The topological polar surface area (TPSA) is 40.1 Å². The first kappa shape index (κ1) is 13.4. The maximum absolute atomic E-state index is 10.7. The number of rotatable bonds is 4. The molecule has 1 atom stereocenters. The van der Waals surface area contributed by atoms with Gasteiger partial charge in [0.1, 0.15) is 0 Å². The average Bonchev–Trinajstić information content (AvgIpc) is 2.15. The predicted molar refractivity (Wildman–Crippen MR) is 49.0 cm³/mol. The zero-order valence-corrected chi connectivity index (χ0v) is 10.3. The van der Waals surface area contributed by atoms with Gasteiger partial charge < -0.3 is 9.90 Å². The molecule has 1 rings (SSSR count). The Hall–Kier alpha value is -0.570. The van der Waals surface area contributed by atoms with Crippen LogP contribution in [-0.4, -0.2) is 5.97 Å². The van der Waals surface area contributed by atoms with E-state index in [9.17, 15) is 9.90 Å². The third-order valence-electron chi connectivity index (χ3n) is 1.89. The fourth-order valence-corrected chi connectivity index (χ4v) is 1.22. The van der Waals surface area contributed by atoms with E-state index < -0.39 is 11.9 Å². The zero-order chi connectivity index (χ0) is 9.68. The second kappa shape index (κ2) is 6.82. The molecule has 3 heteroatoms. The Labute approximate surface area is 106 Å². The van der Waals surface area contributed by atoms with Gasteiger partial charge in [0.05, 0.1) is 0 Å². The minimum atomic E-state index is -1.05. The summed E-state index contributed by atoms with van der Waals surface area (Å²) in [5, 5.41) is 10.7. The molecule has 0 saturated carbocycles. The van der Waals surface area contributed by atoms with Gasteiger partial charge in [-0.3, -0.25) is 0 Å². The van der Waals surface area contributed by atoms with E-state index in [1.807, 2.05) is 18.2 Å². The fraction of sp³-hybridized carbons (Fsp3) is 0.182. The van der Waals surface area contributed by atoms with Crippen molar-refractivity contribution >= 4 is 5.97 Å². The Morgan fingerprint density at radius 3 is 2.43 bits per heavy atom. The van der Waals surface area contributed by atoms with Gasteiger partial charge in [0.25, 0.3) is 0 Å². The van der Waals surface area contributed by atoms with Crippen molar-refractivity contribution < 1.29 is 39.5 Å². The van der Waals surface area contributed by atoms with Crippen LogP contribution >= 0.6 is 0 Å². The monoisotopic (exact) mass is 198 g/mol. The minimum Gasteiger partial charge on any atom is -0.549 e. The van der Waals surface area contributed by atoms with E-state index >= 15 is 0 Å². The summed E-state index contributed by atoms with van der Waals surface area (Å²) in [5.41, 5.74) is 0.766. The van der Waals surface area contributed by atoms with Crippen LogP contribution in [0.1, 0.15) is 17.9 Å². The van der Waals surface area contributed by atoms with E-state index in [2.05, 4.69) is 6.58 Å². The Balaban J connectivity index is 0.00000169. The number of hydrogen-bond acceptors (Lipinski definition) is 2. The number of aliphatic carboxylic acids is 1. The first-order valence-corrected chi connectivity index (χ1v) is 4.12. The molecule has 1 aromatic carbocycles. The van der Waals surface area contributed by atoms with E-state index in [4.69, 9.17) is 0 Å². The van der Waals surface area contributed by atoms with Crippen molar-refractivity contribution in [2.24, 2.45) is 0 Å². The molecule has 68 valence electrons.